The van der Waals surface area contributed by atoms with E-state index in [1.807, 2.05) is 33.3 Å². The van der Waals surface area contributed by atoms with Gasteiger partial charge in [0.2, 0.25) is 17.7 Å². The highest BCUT2D eigenvalue weighted by atomic mass is 32.2. The zero-order chi connectivity index (χ0) is 47.7. The smallest absolute Gasteiger partial charge is 0.220 e. The van der Waals surface area contributed by atoms with Gasteiger partial charge in [-0.05, 0) is 97.2 Å². The van der Waals surface area contributed by atoms with Gasteiger partial charge in [-0.25, -0.2) is 0 Å². The predicted octanol–water partition coefficient (Wildman–Crippen LogP) is 5.85. The van der Waals surface area contributed by atoms with E-state index in [-0.39, 0.29) is 42.7 Å². The molecule has 0 atom stereocenters. The van der Waals surface area contributed by atoms with Crippen molar-refractivity contribution in [3.05, 3.63) is 0 Å². The van der Waals surface area contributed by atoms with Crippen LogP contribution in [0.1, 0.15) is 139 Å². The summed E-state index contributed by atoms with van der Waals surface area (Å²) in [6.07, 6.45) is 17.1. The molecule has 0 aromatic rings. The van der Waals surface area contributed by atoms with E-state index in [2.05, 4.69) is 44.4 Å². The fraction of sp³-hybridized carbons (Fsp3) is 0.842. The second-order valence-electron chi connectivity index (χ2n) is 9.77. The van der Waals surface area contributed by atoms with E-state index < -0.39 is 0 Å². The normalized spacial score (nSPS) is 8.00. The van der Waals surface area contributed by atoms with E-state index in [1.165, 1.54) is 35.3 Å². The van der Waals surface area contributed by atoms with Crippen LogP contribution in [0.15, 0.2) is 0 Å². The van der Waals surface area contributed by atoms with Crippen LogP contribution in [0.3, 0.4) is 0 Å². The van der Waals surface area contributed by atoms with Crippen molar-refractivity contribution in [1.82, 2.24) is 5.32 Å². The Bertz CT molecular complexity index is 697. The van der Waals surface area contributed by atoms with Gasteiger partial charge in [0, 0.05) is 65.4 Å². The number of rotatable bonds is 15. The lowest BCUT2D eigenvalue weighted by Crippen LogP contribution is -2.22. The third-order valence-corrected chi connectivity index (χ3v) is 6.45. The predicted molar refractivity (Wildman–Crippen MR) is 262 cm³/mol. The Morgan fingerprint density at radius 1 is 0.561 bits per heavy atom. The summed E-state index contributed by atoms with van der Waals surface area (Å²) < 4.78 is 0. The van der Waals surface area contributed by atoms with Crippen LogP contribution < -0.4 is 28.3 Å². The fourth-order valence-corrected chi connectivity index (χ4v) is 2.76. The van der Waals surface area contributed by atoms with Crippen molar-refractivity contribution >= 4 is 93.6 Å². The third kappa shape index (κ3) is 212. The van der Waals surface area contributed by atoms with Gasteiger partial charge < -0.3 is 43.6 Å². The molecule has 0 aliphatic rings. The molecule has 3 amide bonds. The number of carbonyl (C=O) groups is 6. The lowest BCUT2D eigenvalue weighted by atomic mass is 10.2. The Labute approximate surface area is 373 Å². The van der Waals surface area contributed by atoms with Crippen LogP contribution in [0, 0.1) is 0 Å². The molecule has 0 rings (SSSR count). The summed E-state index contributed by atoms with van der Waals surface area (Å²) in [7, 11) is 0. The van der Waals surface area contributed by atoms with Crippen molar-refractivity contribution in [1.29, 1.82) is 0 Å². The number of amides is 3. The molecule has 0 radical (unpaired) electrons. The molecule has 0 saturated carbocycles. The molecule has 0 aromatic carbocycles. The van der Waals surface area contributed by atoms with Gasteiger partial charge in [-0.15, -0.1) is 0 Å². The van der Waals surface area contributed by atoms with Crippen LogP contribution in [0.5, 0.6) is 0 Å². The Balaban J connectivity index is -0.0000000466. The molecule has 0 aliphatic heterocycles. The van der Waals surface area contributed by atoms with Gasteiger partial charge in [0.05, 0.1) is 0 Å². The molecule has 0 aromatic heterocycles. The van der Waals surface area contributed by atoms with Gasteiger partial charge in [0.25, 0.3) is 0 Å². The van der Waals surface area contributed by atoms with E-state index in [4.69, 9.17) is 38.3 Å². The molecule has 0 unspecified atom stereocenters. The summed E-state index contributed by atoms with van der Waals surface area (Å²) in [6, 6.07) is 0. The third-order valence-electron chi connectivity index (χ3n) is 4.33. The number of nitrogens with one attached hydrogen (secondary N) is 1. The fourth-order valence-electron chi connectivity index (χ4n) is 1.86. The molecular formula is C38H91N5O9S5. The van der Waals surface area contributed by atoms with E-state index in [0.29, 0.717) is 54.8 Å². The number of hydrogen-bond acceptors (Lipinski definition) is 16. The standard InChI is InChI=1S/2C6H12OS.C5H11NOS.C5H11NO.C4H10N2O.C3H6OS.C2H7N.3C2H6O.CH4S/c2*1-3-4-5-6(7)8-2;1-2-6-5(7)3-4-8;1-2-3-4-5(6)7;5-3-1-2-4(6)7;1-3(4)5-2;4*1-2-3;1-2/h2*3-5H2,1-2H3;8H,2-4H2,1H3,(H,6,7);2-4H2,1H3,(H2,6,7);1-3,5H2,(H2,6,7);1-2H3;2-3H2,1H3;3*3H,2H2,1H3;2H,1H3. The summed E-state index contributed by atoms with van der Waals surface area (Å²) in [4.78, 5) is 61.2. The first-order valence-electron chi connectivity index (χ1n) is 19.2. The SMILES string of the molecule is CCCCC(=O)SC.CCCCC(=O)SC.CCCCC(N)=O.CCN.CCNC(=O)CCS.CCO.CCO.CCO.CS.CSC(C)=O.NCCCC(N)=O. The van der Waals surface area contributed by atoms with E-state index in [1.54, 1.807) is 40.2 Å². The largest absolute Gasteiger partial charge is 0.397 e. The highest BCUT2D eigenvalue weighted by Gasteiger charge is 1.95. The minimum Gasteiger partial charge on any atom is -0.397 e. The van der Waals surface area contributed by atoms with Crippen molar-refractivity contribution in [2.45, 2.75) is 139 Å². The molecule has 352 valence electrons. The zero-order valence-electron chi connectivity index (χ0n) is 38.2. The summed E-state index contributed by atoms with van der Waals surface area (Å²) in [6.45, 7) is 19.4. The van der Waals surface area contributed by atoms with Crippen molar-refractivity contribution in [3.63, 3.8) is 0 Å². The van der Waals surface area contributed by atoms with Crippen molar-refractivity contribution in [2.75, 3.05) is 70.2 Å². The second-order valence-corrected chi connectivity index (χ2v) is 12.9. The summed E-state index contributed by atoms with van der Waals surface area (Å²) in [5, 5.41) is 26.2. The maximum absolute atomic E-state index is 10.5. The molecule has 19 heteroatoms. The highest BCUT2D eigenvalue weighted by Crippen LogP contribution is 2.04. The molecule has 0 bridgehead atoms. The van der Waals surface area contributed by atoms with Crippen molar-refractivity contribution < 1.29 is 44.1 Å². The minimum absolute atomic E-state index is 0.0856. The quantitative estimate of drug-likeness (QED) is 0.0864. The van der Waals surface area contributed by atoms with Crippen LogP contribution in [-0.4, -0.2) is 119 Å². The number of primary amides is 2. The van der Waals surface area contributed by atoms with Gasteiger partial charge in [-0.1, -0.05) is 82.2 Å². The molecule has 0 saturated heterocycles. The van der Waals surface area contributed by atoms with E-state index >= 15 is 0 Å². The summed E-state index contributed by atoms with van der Waals surface area (Å²) in [5.41, 5.74) is 19.5. The first kappa shape index (κ1) is 83.6. The second kappa shape index (κ2) is 100. The summed E-state index contributed by atoms with van der Waals surface area (Å²) in [5.74, 6) is 0.251. The lowest BCUT2D eigenvalue weighted by molar-refractivity contribution is -0.121. The Morgan fingerprint density at radius 3 is 0.965 bits per heavy atom. The van der Waals surface area contributed by atoms with Gasteiger partial charge in [0.1, 0.15) is 0 Å². The first-order valence-corrected chi connectivity index (χ1v) is 24.4. The number of nitrogens with two attached hydrogens (primary N) is 4. The molecular weight excluding hydrogens is 831 g/mol. The number of unbranched alkanes of at least 4 members (excludes halogenated alkanes) is 3. The number of thioether (sulfide) groups is 3. The maximum Gasteiger partial charge on any atom is 0.220 e. The van der Waals surface area contributed by atoms with Crippen molar-refractivity contribution in [2.24, 2.45) is 22.9 Å². The number of carbonyl (C=O) groups excluding carboxylic acids is 6. The molecule has 14 nitrogen and oxygen atoms in total. The van der Waals surface area contributed by atoms with Crippen LogP contribution in [0.2, 0.25) is 0 Å². The Morgan fingerprint density at radius 2 is 0.825 bits per heavy atom. The number of aliphatic hydroxyl groups is 3. The van der Waals surface area contributed by atoms with Crippen LogP contribution in [0.25, 0.3) is 0 Å². The number of aliphatic hydroxyl groups excluding tert-OH is 3. The topological polar surface area (TPSA) is 279 Å². The molecule has 0 fully saturated rings. The molecule has 57 heavy (non-hydrogen) atoms. The number of hydrogen-bond donors (Lipinski definition) is 10. The average Bonchev–Trinajstić information content (AvgIpc) is 3.17. The summed E-state index contributed by atoms with van der Waals surface area (Å²) >= 11 is 11.3. The maximum atomic E-state index is 10.5. The molecule has 12 N–H and O–H groups in total. The highest BCUT2D eigenvalue weighted by molar-refractivity contribution is 8.13. The van der Waals surface area contributed by atoms with Crippen LogP contribution >= 0.6 is 60.5 Å². The Hall–Kier alpha value is -1.03. The average molecular weight is 923 g/mol. The van der Waals surface area contributed by atoms with Crippen molar-refractivity contribution in [3.8, 4) is 0 Å². The zero-order valence-corrected chi connectivity index (χ0v) is 42.4. The minimum atomic E-state index is -0.273. The molecule has 0 aliphatic carbocycles. The molecule has 0 heterocycles. The van der Waals surface area contributed by atoms with Gasteiger partial charge in [-0.2, -0.15) is 25.3 Å². The number of thiol groups is 2. The van der Waals surface area contributed by atoms with Gasteiger partial charge in [0.15, 0.2) is 15.3 Å². The Kier molecular flexibility index (Phi) is 147. The van der Waals surface area contributed by atoms with Crippen LogP contribution in [0.4, 0.5) is 0 Å². The monoisotopic (exact) mass is 922 g/mol. The van der Waals surface area contributed by atoms with Gasteiger partial charge >= 0.3 is 0 Å². The lowest BCUT2D eigenvalue weighted by Gasteiger charge is -1.96. The first-order chi connectivity index (χ1) is 26.9. The van der Waals surface area contributed by atoms with Crippen LogP contribution in [-0.2, 0) is 28.8 Å². The van der Waals surface area contributed by atoms with E-state index in [0.717, 1.165) is 57.9 Å². The molecule has 0 spiro atoms. The van der Waals surface area contributed by atoms with E-state index in [9.17, 15) is 28.8 Å². The van der Waals surface area contributed by atoms with Gasteiger partial charge in [-0.3, -0.25) is 28.8 Å².